The second-order valence-electron chi connectivity index (χ2n) is 14.3. The van der Waals surface area contributed by atoms with Crippen molar-refractivity contribution in [3.05, 3.63) is 112 Å². The minimum Gasteiger partial charge on any atom is -0.508 e. The predicted octanol–water partition coefficient (Wildman–Crippen LogP) is 9.42. The van der Waals surface area contributed by atoms with Crippen LogP contribution >= 0.6 is 0 Å². The molecule has 0 radical (unpaired) electrons. The van der Waals surface area contributed by atoms with Crippen molar-refractivity contribution in [3.8, 4) is 5.75 Å². The van der Waals surface area contributed by atoms with E-state index in [1.165, 1.54) is 58.2 Å². The first kappa shape index (κ1) is 34.7. The number of hydrogen-bond acceptors (Lipinski definition) is 4. The molecular formula is C41H57NO3. The smallest absolute Gasteiger partial charge is 0.134 e. The van der Waals surface area contributed by atoms with E-state index < -0.39 is 11.3 Å². The molecule has 1 saturated carbocycles. The molecule has 4 heteroatoms. The number of likely N-dealkylation sites (N-methyl/N-ethyl adjacent to an activating group) is 1. The Morgan fingerprint density at radius 1 is 0.911 bits per heavy atom. The van der Waals surface area contributed by atoms with Gasteiger partial charge < -0.3 is 15.3 Å². The second-order valence-corrected chi connectivity index (χ2v) is 14.3. The first-order valence-electron chi connectivity index (χ1n) is 16.7. The number of aliphatic hydroxyl groups is 2. The van der Waals surface area contributed by atoms with Gasteiger partial charge in [-0.1, -0.05) is 68.0 Å². The lowest BCUT2D eigenvalue weighted by Crippen LogP contribution is -2.38. The molecular weight excluding hydrogens is 554 g/mol. The van der Waals surface area contributed by atoms with Gasteiger partial charge >= 0.3 is 0 Å². The Hall–Kier alpha value is -3.18. The molecule has 1 fully saturated rings. The minimum atomic E-state index is -0.861. The van der Waals surface area contributed by atoms with E-state index in [1.54, 1.807) is 12.1 Å². The molecule has 2 aliphatic rings. The van der Waals surface area contributed by atoms with Crippen molar-refractivity contribution in [2.45, 2.75) is 97.8 Å². The van der Waals surface area contributed by atoms with Crippen molar-refractivity contribution in [2.24, 2.45) is 11.8 Å². The maximum absolute atomic E-state index is 10.5. The monoisotopic (exact) mass is 611 g/mol. The summed E-state index contributed by atoms with van der Waals surface area (Å²) in [5, 5.41) is 30.3. The molecule has 3 atom stereocenters. The molecule has 4 nitrogen and oxygen atoms in total. The van der Waals surface area contributed by atoms with Crippen LogP contribution in [0.15, 0.2) is 72.8 Å². The average Bonchev–Trinajstić information content (AvgIpc) is 3.29. The van der Waals surface area contributed by atoms with E-state index in [0.717, 1.165) is 48.6 Å². The Morgan fingerprint density at radius 3 is 2.24 bits per heavy atom. The van der Waals surface area contributed by atoms with Gasteiger partial charge in [-0.3, -0.25) is 4.90 Å². The van der Waals surface area contributed by atoms with Crippen LogP contribution in [0.25, 0.3) is 11.1 Å². The summed E-state index contributed by atoms with van der Waals surface area (Å²) in [6, 6.07) is 20.5. The van der Waals surface area contributed by atoms with Crippen molar-refractivity contribution < 1.29 is 16.7 Å². The lowest BCUT2D eigenvalue weighted by atomic mass is 9.84. The standard InChI is InChI=1S/C28H30O2.C13H25NO.H2/c1-18-7-5-9-24(19(18)2)26-10-6-8-21-17-22(28(3,4)30)13-16-25(21)27(26)20-11-14-23(29)15-12-20;1-11-7-8-12(10-11)6-5-9-13(2,15)14(3)4;/h5,7,9,11-17,29-30H,6,8,10H2,1-4H3;5,9,11-12,15H,6-8,10H2,1-4H3;1H/b;9-5+;/t;11-,12?,13?;/m.0./s1. The van der Waals surface area contributed by atoms with Crippen molar-refractivity contribution >= 4 is 11.1 Å². The Kier molecular flexibility index (Phi) is 11.2. The summed E-state index contributed by atoms with van der Waals surface area (Å²) in [6.07, 6.45) is 12.3. The summed E-state index contributed by atoms with van der Waals surface area (Å²) in [5.74, 6) is 2.02. The molecule has 0 aliphatic heterocycles. The largest absolute Gasteiger partial charge is 0.508 e. The molecule has 0 heterocycles. The van der Waals surface area contributed by atoms with E-state index in [9.17, 15) is 15.3 Å². The van der Waals surface area contributed by atoms with Gasteiger partial charge in [-0.2, -0.15) is 0 Å². The highest BCUT2D eigenvalue weighted by molar-refractivity contribution is 6.00. The highest BCUT2D eigenvalue weighted by atomic mass is 16.3. The molecule has 0 aromatic heterocycles. The van der Waals surface area contributed by atoms with Crippen molar-refractivity contribution in [3.63, 3.8) is 0 Å². The van der Waals surface area contributed by atoms with E-state index >= 15 is 0 Å². The Labute approximate surface area is 273 Å². The van der Waals surface area contributed by atoms with Gasteiger partial charge in [-0.25, -0.2) is 0 Å². The van der Waals surface area contributed by atoms with Crippen LogP contribution in [0.5, 0.6) is 5.75 Å². The third-order valence-electron chi connectivity index (χ3n) is 9.95. The number of allylic oxidation sites excluding steroid dienone is 2. The average molecular weight is 612 g/mol. The van der Waals surface area contributed by atoms with Crippen molar-refractivity contribution in [1.29, 1.82) is 0 Å². The number of nitrogens with zero attached hydrogens (tertiary/aromatic N) is 1. The maximum atomic E-state index is 10.5. The van der Waals surface area contributed by atoms with Crippen LogP contribution < -0.4 is 0 Å². The van der Waals surface area contributed by atoms with Gasteiger partial charge in [-0.15, -0.1) is 0 Å². The summed E-state index contributed by atoms with van der Waals surface area (Å²) >= 11 is 0. The molecule has 244 valence electrons. The van der Waals surface area contributed by atoms with E-state index in [0.29, 0.717) is 0 Å². The van der Waals surface area contributed by atoms with Gasteiger partial charge in [0.25, 0.3) is 0 Å². The first-order chi connectivity index (χ1) is 21.2. The number of fused-ring (bicyclic) bond motifs is 1. The van der Waals surface area contributed by atoms with Crippen LogP contribution in [0, 0.1) is 25.7 Å². The number of phenolic OH excluding ortho intramolecular Hbond substituents is 1. The van der Waals surface area contributed by atoms with Crippen LogP contribution in [0.3, 0.4) is 0 Å². The van der Waals surface area contributed by atoms with Gasteiger partial charge in [-0.05, 0) is 167 Å². The fourth-order valence-corrected chi connectivity index (χ4v) is 6.65. The summed E-state index contributed by atoms with van der Waals surface area (Å²) < 4.78 is 0. The number of phenols is 1. The van der Waals surface area contributed by atoms with Gasteiger partial charge in [0.05, 0.1) is 5.60 Å². The first-order valence-corrected chi connectivity index (χ1v) is 16.7. The third kappa shape index (κ3) is 8.76. The van der Waals surface area contributed by atoms with Gasteiger partial charge in [0, 0.05) is 1.43 Å². The molecule has 0 saturated heterocycles. The molecule has 3 N–H and O–H groups in total. The zero-order chi connectivity index (χ0) is 32.9. The number of aromatic hydroxyl groups is 1. The summed E-state index contributed by atoms with van der Waals surface area (Å²) in [4.78, 5) is 1.82. The normalized spacial score (nSPS) is 20.1. The molecule has 0 bridgehead atoms. The Balaban J connectivity index is 0.000000306. The SMILES string of the molecule is C[C@H]1CCC(C/C=C/C(C)(O)N(C)C)C1.Cc1cccc(C2=C(c3ccc(O)cc3)c3ccc(C(C)(C)O)cc3CCC2)c1C.[HH]. The Bertz CT molecular complexity index is 1510. The van der Waals surface area contributed by atoms with Crippen molar-refractivity contribution in [1.82, 2.24) is 4.90 Å². The quantitative estimate of drug-likeness (QED) is 0.184. The van der Waals surface area contributed by atoms with E-state index in [1.807, 2.05) is 64.0 Å². The van der Waals surface area contributed by atoms with Gasteiger partial charge in [0.15, 0.2) is 0 Å². The fourth-order valence-electron chi connectivity index (χ4n) is 6.65. The fraction of sp³-hybridized carbons (Fsp3) is 0.463. The third-order valence-corrected chi connectivity index (χ3v) is 9.95. The predicted molar refractivity (Wildman–Crippen MR) is 191 cm³/mol. The van der Waals surface area contributed by atoms with E-state index in [4.69, 9.17) is 0 Å². The van der Waals surface area contributed by atoms with Gasteiger partial charge in [0.2, 0.25) is 0 Å². The van der Waals surface area contributed by atoms with Crippen LogP contribution in [0.4, 0.5) is 0 Å². The van der Waals surface area contributed by atoms with Crippen molar-refractivity contribution in [2.75, 3.05) is 14.1 Å². The highest BCUT2D eigenvalue weighted by Gasteiger charge is 2.25. The molecule has 2 aliphatic carbocycles. The zero-order valence-electron chi connectivity index (χ0n) is 28.8. The number of aryl methyl sites for hydroxylation is 2. The second kappa shape index (κ2) is 14.5. The molecule has 2 unspecified atom stereocenters. The molecule has 5 rings (SSSR count). The topological polar surface area (TPSA) is 63.9 Å². The molecule has 3 aromatic rings. The van der Waals surface area contributed by atoms with Crippen LogP contribution in [-0.2, 0) is 12.0 Å². The molecule has 45 heavy (non-hydrogen) atoms. The number of rotatable bonds is 7. The number of hydrogen-bond donors (Lipinski definition) is 3. The highest BCUT2D eigenvalue weighted by Crippen LogP contribution is 2.42. The van der Waals surface area contributed by atoms with Gasteiger partial charge in [0.1, 0.15) is 11.5 Å². The molecule has 3 aromatic carbocycles. The number of benzene rings is 3. The Morgan fingerprint density at radius 2 is 1.62 bits per heavy atom. The maximum Gasteiger partial charge on any atom is 0.134 e. The van der Waals surface area contributed by atoms with Crippen LogP contribution in [0.1, 0.15) is 107 Å². The lowest BCUT2D eigenvalue weighted by molar-refractivity contribution is -0.0206. The minimum absolute atomic E-state index is 0. The van der Waals surface area contributed by atoms with E-state index in [-0.39, 0.29) is 7.18 Å². The lowest BCUT2D eigenvalue weighted by Gasteiger charge is -2.27. The van der Waals surface area contributed by atoms with E-state index in [2.05, 4.69) is 57.2 Å². The molecule has 0 spiro atoms. The summed E-state index contributed by atoms with van der Waals surface area (Å²) in [5.41, 5.74) is 9.41. The van der Waals surface area contributed by atoms with Crippen LogP contribution in [-0.4, -0.2) is 40.0 Å². The summed E-state index contributed by atoms with van der Waals surface area (Å²) in [6.45, 7) is 12.2. The molecule has 0 amide bonds. The summed E-state index contributed by atoms with van der Waals surface area (Å²) in [7, 11) is 3.78. The zero-order valence-corrected chi connectivity index (χ0v) is 28.8. The van der Waals surface area contributed by atoms with Crippen LogP contribution in [0.2, 0.25) is 0 Å².